The Morgan fingerprint density at radius 1 is 1.07 bits per heavy atom. The predicted molar refractivity (Wildman–Crippen MR) is 106 cm³/mol. The van der Waals surface area contributed by atoms with E-state index in [1.165, 1.54) is 0 Å². The summed E-state index contributed by atoms with van der Waals surface area (Å²) < 4.78 is 5.20. The molecule has 5 heteroatoms. The largest absolute Gasteiger partial charge is 0.497 e. The van der Waals surface area contributed by atoms with Gasteiger partial charge in [0, 0.05) is 12.2 Å². The average molecular weight is 366 g/mol. The fourth-order valence-corrected chi connectivity index (χ4v) is 3.24. The van der Waals surface area contributed by atoms with Crippen LogP contribution in [0.5, 0.6) is 5.75 Å². The monoisotopic (exact) mass is 366 g/mol. The maximum atomic E-state index is 12.4. The van der Waals surface area contributed by atoms with Gasteiger partial charge in [0.05, 0.1) is 18.9 Å². The zero-order chi connectivity index (χ0) is 19.2. The molecule has 3 rings (SSSR count). The number of hydrogen-bond acceptors (Lipinski definition) is 3. The van der Waals surface area contributed by atoms with Crippen molar-refractivity contribution in [3.05, 3.63) is 59.7 Å². The van der Waals surface area contributed by atoms with Gasteiger partial charge in [-0.3, -0.25) is 9.59 Å². The number of anilines is 1. The molecule has 0 heterocycles. The fourth-order valence-electron chi connectivity index (χ4n) is 3.24. The molecule has 142 valence electrons. The van der Waals surface area contributed by atoms with Crippen molar-refractivity contribution in [2.75, 3.05) is 19.0 Å². The molecule has 2 unspecified atom stereocenters. The summed E-state index contributed by atoms with van der Waals surface area (Å²) in [7, 11) is 1.64. The minimum atomic E-state index is -0.230. The van der Waals surface area contributed by atoms with Gasteiger partial charge in [-0.25, -0.2) is 0 Å². The lowest BCUT2D eigenvalue weighted by Gasteiger charge is -2.10. The smallest absolute Gasteiger partial charge is 0.228 e. The number of benzene rings is 2. The van der Waals surface area contributed by atoms with Crippen molar-refractivity contribution in [1.82, 2.24) is 5.32 Å². The molecule has 2 atom stereocenters. The molecule has 0 aliphatic heterocycles. The summed E-state index contributed by atoms with van der Waals surface area (Å²) in [6.07, 6.45) is 2.21. The minimum Gasteiger partial charge on any atom is -0.497 e. The van der Waals surface area contributed by atoms with Crippen LogP contribution < -0.4 is 15.4 Å². The van der Waals surface area contributed by atoms with Crippen LogP contribution in [0.1, 0.15) is 24.5 Å². The summed E-state index contributed by atoms with van der Waals surface area (Å²) in [4.78, 5) is 24.7. The lowest BCUT2D eigenvalue weighted by molar-refractivity contribution is -0.125. The number of para-hydroxylation sites is 1. The predicted octanol–water partition coefficient (Wildman–Crippen LogP) is 3.19. The van der Waals surface area contributed by atoms with E-state index in [1.54, 1.807) is 7.11 Å². The van der Waals surface area contributed by atoms with Crippen LogP contribution >= 0.6 is 0 Å². The van der Waals surface area contributed by atoms with Gasteiger partial charge >= 0.3 is 0 Å². The number of amides is 2. The van der Waals surface area contributed by atoms with E-state index >= 15 is 0 Å². The summed E-state index contributed by atoms with van der Waals surface area (Å²) >= 11 is 0. The third-order valence-electron chi connectivity index (χ3n) is 4.97. The van der Waals surface area contributed by atoms with Gasteiger partial charge in [0.15, 0.2) is 0 Å². The number of carbonyl (C=O) groups excluding carboxylic acids is 2. The first-order chi connectivity index (χ1) is 13.1. The Kier molecular flexibility index (Phi) is 6.12. The normalized spacial score (nSPS) is 17.9. The Hall–Kier alpha value is -2.82. The Morgan fingerprint density at radius 3 is 2.63 bits per heavy atom. The first kappa shape index (κ1) is 19.0. The molecular formula is C22H26N2O3. The van der Waals surface area contributed by atoms with Crippen LogP contribution in [-0.2, 0) is 22.4 Å². The molecule has 1 fully saturated rings. The summed E-state index contributed by atoms with van der Waals surface area (Å²) in [6.45, 7) is 2.61. The molecule has 1 aliphatic carbocycles. The molecule has 5 nitrogen and oxygen atoms in total. The topological polar surface area (TPSA) is 67.4 Å². The van der Waals surface area contributed by atoms with E-state index in [2.05, 4.69) is 17.6 Å². The summed E-state index contributed by atoms with van der Waals surface area (Å²) in [5.74, 6) is 0.256. The van der Waals surface area contributed by atoms with Gasteiger partial charge in [0.25, 0.3) is 0 Å². The molecule has 2 N–H and O–H groups in total. The number of nitrogens with one attached hydrogen (secondary N) is 2. The Labute approximate surface area is 160 Å². The third kappa shape index (κ3) is 4.88. The molecule has 27 heavy (non-hydrogen) atoms. The van der Waals surface area contributed by atoms with Gasteiger partial charge in [0.1, 0.15) is 5.75 Å². The lowest BCUT2D eigenvalue weighted by Crippen LogP contribution is -2.29. The average Bonchev–Trinajstić information content (AvgIpc) is 3.49. The maximum Gasteiger partial charge on any atom is 0.228 e. The summed E-state index contributed by atoms with van der Waals surface area (Å²) in [5.41, 5.74) is 3.05. The van der Waals surface area contributed by atoms with Crippen LogP contribution in [0.15, 0.2) is 48.5 Å². The van der Waals surface area contributed by atoms with E-state index < -0.39 is 0 Å². The zero-order valence-electron chi connectivity index (χ0n) is 15.8. The highest BCUT2D eigenvalue weighted by Gasteiger charge is 2.47. The second-order valence-corrected chi connectivity index (χ2v) is 6.84. The van der Waals surface area contributed by atoms with Crippen molar-refractivity contribution in [3.63, 3.8) is 0 Å². The van der Waals surface area contributed by atoms with E-state index in [1.807, 2.05) is 48.5 Å². The van der Waals surface area contributed by atoms with Gasteiger partial charge in [-0.1, -0.05) is 37.3 Å². The molecule has 0 spiro atoms. The first-order valence-corrected chi connectivity index (χ1v) is 9.41. The Morgan fingerprint density at radius 2 is 1.85 bits per heavy atom. The van der Waals surface area contributed by atoms with E-state index in [0.717, 1.165) is 35.4 Å². The number of hydrogen-bond donors (Lipinski definition) is 2. The van der Waals surface area contributed by atoms with Crippen LogP contribution in [0.25, 0.3) is 0 Å². The molecule has 0 bridgehead atoms. The van der Waals surface area contributed by atoms with Crippen LogP contribution in [0.2, 0.25) is 0 Å². The van der Waals surface area contributed by atoms with Crippen LogP contribution in [0, 0.1) is 11.8 Å². The van der Waals surface area contributed by atoms with Gasteiger partial charge in [-0.2, -0.15) is 0 Å². The van der Waals surface area contributed by atoms with Crippen molar-refractivity contribution >= 4 is 17.5 Å². The van der Waals surface area contributed by atoms with Crippen molar-refractivity contribution < 1.29 is 14.3 Å². The highest BCUT2D eigenvalue weighted by molar-refractivity contribution is 5.99. The molecule has 0 aromatic heterocycles. The van der Waals surface area contributed by atoms with Crippen molar-refractivity contribution in [1.29, 1.82) is 0 Å². The Balaban J connectivity index is 1.45. The van der Waals surface area contributed by atoms with Gasteiger partial charge in [0.2, 0.25) is 11.8 Å². The lowest BCUT2D eigenvalue weighted by atomic mass is 10.1. The highest BCUT2D eigenvalue weighted by atomic mass is 16.5. The minimum absolute atomic E-state index is 0.0400. The number of aryl methyl sites for hydroxylation is 1. The maximum absolute atomic E-state index is 12.4. The molecule has 1 saturated carbocycles. The van der Waals surface area contributed by atoms with Gasteiger partial charge < -0.3 is 15.4 Å². The SMILES string of the molecule is CCc1ccccc1NC(=O)C1CC1C(=O)NCCc1cccc(OC)c1. The third-order valence-corrected chi connectivity index (χ3v) is 4.97. The molecule has 1 aliphatic rings. The van der Waals surface area contributed by atoms with Crippen LogP contribution in [0.4, 0.5) is 5.69 Å². The fraction of sp³-hybridized carbons (Fsp3) is 0.364. The van der Waals surface area contributed by atoms with Gasteiger partial charge in [-0.05, 0) is 48.6 Å². The van der Waals surface area contributed by atoms with E-state index in [4.69, 9.17) is 4.74 Å². The second kappa shape index (κ2) is 8.71. The van der Waals surface area contributed by atoms with E-state index in [0.29, 0.717) is 13.0 Å². The van der Waals surface area contributed by atoms with E-state index in [9.17, 15) is 9.59 Å². The Bertz CT molecular complexity index is 819. The molecule has 0 radical (unpaired) electrons. The quantitative estimate of drug-likeness (QED) is 0.754. The zero-order valence-corrected chi connectivity index (χ0v) is 15.8. The first-order valence-electron chi connectivity index (χ1n) is 9.41. The molecule has 2 amide bonds. The second-order valence-electron chi connectivity index (χ2n) is 6.84. The van der Waals surface area contributed by atoms with Crippen molar-refractivity contribution in [2.45, 2.75) is 26.2 Å². The van der Waals surface area contributed by atoms with Crippen molar-refractivity contribution in [2.24, 2.45) is 11.8 Å². The van der Waals surface area contributed by atoms with Crippen molar-refractivity contribution in [3.8, 4) is 5.75 Å². The van der Waals surface area contributed by atoms with Gasteiger partial charge in [-0.15, -0.1) is 0 Å². The van der Waals surface area contributed by atoms with Crippen LogP contribution in [0.3, 0.4) is 0 Å². The molecule has 2 aromatic carbocycles. The molecule has 0 saturated heterocycles. The number of ether oxygens (including phenoxy) is 1. The number of carbonyl (C=O) groups is 2. The highest BCUT2D eigenvalue weighted by Crippen LogP contribution is 2.39. The number of methoxy groups -OCH3 is 1. The van der Waals surface area contributed by atoms with E-state index in [-0.39, 0.29) is 23.7 Å². The van der Waals surface area contributed by atoms with Crippen LogP contribution in [-0.4, -0.2) is 25.5 Å². The molecule has 2 aromatic rings. The molecular weight excluding hydrogens is 340 g/mol. The summed E-state index contributed by atoms with van der Waals surface area (Å²) in [6, 6.07) is 15.6. The standard InChI is InChI=1S/C22H26N2O3/c1-3-16-8-4-5-10-20(16)24-22(26)19-14-18(19)21(25)23-12-11-15-7-6-9-17(13-15)27-2/h4-10,13,18-19H,3,11-12,14H2,1-2H3,(H,23,25)(H,24,26). The summed E-state index contributed by atoms with van der Waals surface area (Å²) in [5, 5.41) is 5.91. The number of rotatable bonds is 8.